The van der Waals surface area contributed by atoms with Crippen LogP contribution in [0, 0.1) is 0 Å². The van der Waals surface area contributed by atoms with Gasteiger partial charge in [0.25, 0.3) is 0 Å². The zero-order valence-electron chi connectivity index (χ0n) is 53.4. The molecule has 0 aromatic heterocycles. The number of hydrogen-bond acceptors (Lipinski definition) is 14. The molecule has 0 radical (unpaired) electrons. The molecule has 0 saturated carbocycles. The molecule has 0 heterocycles. The molecule has 0 aromatic carbocycles. The van der Waals surface area contributed by atoms with Crippen molar-refractivity contribution in [2.24, 2.45) is 0 Å². The number of unbranched alkanes of at least 4 members (excludes halogenated alkanes) is 15. The molecule has 0 bridgehead atoms. The highest BCUT2D eigenvalue weighted by molar-refractivity contribution is 7.47. The average Bonchev–Trinajstić information content (AvgIpc) is 3.68. The molecule has 5 atom stereocenters. The molecule has 0 spiro atoms. The van der Waals surface area contributed by atoms with E-state index in [0.717, 1.165) is 167 Å². The number of esters is 3. The number of ether oxygens (including phenoxy) is 3. The molecule has 0 aromatic rings. The van der Waals surface area contributed by atoms with E-state index in [9.17, 15) is 43.5 Å². The highest BCUT2D eigenvalue weighted by Crippen LogP contribution is 2.45. The number of aliphatic hydroxyl groups is 2. The molecule has 0 aliphatic heterocycles. The van der Waals surface area contributed by atoms with Crippen molar-refractivity contribution < 1.29 is 75.8 Å². The quantitative estimate of drug-likeness (QED) is 0.0146. The standard InChI is InChI=1S/C69H114O16P2/c1-4-7-10-13-16-19-22-25-28-30-31-33-36-37-40-43-46-49-52-55-67(72)79-58-64(70)59-81-86(75,76)82-60-65(71)61-83-87(77,78)84-63-66(85-69(74)57-54-51-48-45-42-39-34-27-24-21-18-15-12-9-6-3)62-80-68(73)56-53-50-47-44-41-38-35-32-29-26-23-20-17-14-11-8-5-2/h7-12,16-21,25-29,31,33-35,38,64-66,70-71H,4-6,13-15,22-24,30,32,36-37,39-63H2,1-3H3,(H,75,76)(H,77,78)/b10-7-,11-8-,12-9-,19-16-,20-17-,21-18-,28-25-,29-26-,33-31-,34-27-,38-35-. The number of aliphatic hydroxyl groups excluding tert-OH is 2. The third-order valence-electron chi connectivity index (χ3n) is 12.9. The fourth-order valence-corrected chi connectivity index (χ4v) is 9.56. The van der Waals surface area contributed by atoms with Crippen molar-refractivity contribution in [2.75, 3.05) is 39.6 Å². The first-order valence-electron chi connectivity index (χ1n) is 32.5. The molecular weight excluding hydrogens is 1150 g/mol. The van der Waals surface area contributed by atoms with Crippen molar-refractivity contribution in [3.8, 4) is 0 Å². The molecule has 0 saturated heterocycles. The Bertz CT molecular complexity index is 2120. The number of allylic oxidation sites excluding steroid dienone is 22. The Morgan fingerprint density at radius 3 is 0.908 bits per heavy atom. The smallest absolute Gasteiger partial charge is 0.463 e. The lowest BCUT2D eigenvalue weighted by atomic mass is 10.1. The molecule has 18 heteroatoms. The number of phosphoric ester groups is 2. The van der Waals surface area contributed by atoms with E-state index in [1.54, 1.807) is 0 Å². The minimum Gasteiger partial charge on any atom is -0.463 e. The van der Waals surface area contributed by atoms with Crippen LogP contribution < -0.4 is 0 Å². The highest BCUT2D eigenvalue weighted by Gasteiger charge is 2.29. The maximum absolute atomic E-state index is 12.9. The molecule has 0 amide bonds. The Kier molecular flexibility index (Phi) is 58.8. The van der Waals surface area contributed by atoms with E-state index in [4.69, 9.17) is 32.3 Å². The van der Waals surface area contributed by atoms with Crippen LogP contribution in [0.2, 0.25) is 0 Å². The normalized spacial score (nSPS) is 15.2. The Morgan fingerprint density at radius 2 is 0.575 bits per heavy atom. The van der Waals surface area contributed by atoms with Crippen LogP contribution in [0.4, 0.5) is 0 Å². The zero-order valence-corrected chi connectivity index (χ0v) is 55.2. The third-order valence-corrected chi connectivity index (χ3v) is 14.8. The molecule has 5 unspecified atom stereocenters. The summed E-state index contributed by atoms with van der Waals surface area (Å²) in [6.07, 6.45) is 70.8. The van der Waals surface area contributed by atoms with E-state index >= 15 is 0 Å². The summed E-state index contributed by atoms with van der Waals surface area (Å²) in [4.78, 5) is 58.3. The molecular formula is C69H114O16P2. The van der Waals surface area contributed by atoms with Crippen LogP contribution in [-0.4, -0.2) is 95.9 Å². The lowest BCUT2D eigenvalue weighted by molar-refractivity contribution is -0.161. The Hall–Kier alpha value is -4.31. The van der Waals surface area contributed by atoms with E-state index in [1.807, 2.05) is 0 Å². The van der Waals surface area contributed by atoms with Gasteiger partial charge in [-0.3, -0.25) is 32.5 Å². The van der Waals surface area contributed by atoms with Gasteiger partial charge in [0.2, 0.25) is 0 Å². The lowest BCUT2D eigenvalue weighted by Gasteiger charge is -2.21. The van der Waals surface area contributed by atoms with Gasteiger partial charge in [0, 0.05) is 19.3 Å². The fourth-order valence-electron chi connectivity index (χ4n) is 7.98. The van der Waals surface area contributed by atoms with Crippen molar-refractivity contribution in [2.45, 2.75) is 245 Å². The van der Waals surface area contributed by atoms with Gasteiger partial charge in [-0.2, -0.15) is 0 Å². The summed E-state index contributed by atoms with van der Waals surface area (Å²) in [5, 5.41) is 20.5. The average molecular weight is 1260 g/mol. The van der Waals surface area contributed by atoms with Gasteiger partial charge in [0.05, 0.1) is 26.4 Å². The van der Waals surface area contributed by atoms with Gasteiger partial charge in [-0.25, -0.2) is 9.13 Å². The van der Waals surface area contributed by atoms with Gasteiger partial charge in [0.1, 0.15) is 25.4 Å². The summed E-state index contributed by atoms with van der Waals surface area (Å²) in [6, 6.07) is 0. The largest absolute Gasteiger partial charge is 0.472 e. The summed E-state index contributed by atoms with van der Waals surface area (Å²) in [7, 11) is -9.80. The first kappa shape index (κ1) is 82.7. The molecule has 496 valence electrons. The van der Waals surface area contributed by atoms with Crippen LogP contribution in [0.15, 0.2) is 134 Å². The minimum atomic E-state index is -4.94. The lowest BCUT2D eigenvalue weighted by Crippen LogP contribution is -2.30. The van der Waals surface area contributed by atoms with Gasteiger partial charge < -0.3 is 34.2 Å². The van der Waals surface area contributed by atoms with Crippen molar-refractivity contribution >= 4 is 33.6 Å². The van der Waals surface area contributed by atoms with Gasteiger partial charge in [-0.1, -0.05) is 212 Å². The maximum atomic E-state index is 12.9. The Balaban J connectivity index is 4.74. The predicted octanol–water partition coefficient (Wildman–Crippen LogP) is 17.6. The number of phosphoric acid groups is 2. The summed E-state index contributed by atoms with van der Waals surface area (Å²) < 4.78 is 60.8. The van der Waals surface area contributed by atoms with Crippen LogP contribution in [-0.2, 0) is 55.8 Å². The molecule has 0 fully saturated rings. The number of carbonyl (C=O) groups excluding carboxylic acids is 3. The van der Waals surface area contributed by atoms with Crippen molar-refractivity contribution in [1.29, 1.82) is 0 Å². The van der Waals surface area contributed by atoms with Crippen LogP contribution in [0.5, 0.6) is 0 Å². The number of hydrogen-bond donors (Lipinski definition) is 4. The Morgan fingerprint density at radius 1 is 0.322 bits per heavy atom. The highest BCUT2D eigenvalue weighted by atomic mass is 31.2. The zero-order chi connectivity index (χ0) is 63.8. The maximum Gasteiger partial charge on any atom is 0.472 e. The molecule has 0 rings (SSSR count). The second kappa shape index (κ2) is 61.9. The van der Waals surface area contributed by atoms with E-state index in [0.29, 0.717) is 19.3 Å². The number of rotatable bonds is 60. The van der Waals surface area contributed by atoms with Crippen molar-refractivity contribution in [3.63, 3.8) is 0 Å². The molecule has 87 heavy (non-hydrogen) atoms. The van der Waals surface area contributed by atoms with E-state index < -0.39 is 91.5 Å². The summed E-state index contributed by atoms with van der Waals surface area (Å²) >= 11 is 0. The second-order valence-corrected chi connectivity index (χ2v) is 24.0. The third kappa shape index (κ3) is 63.1. The van der Waals surface area contributed by atoms with Crippen LogP contribution in [0.1, 0.15) is 226 Å². The van der Waals surface area contributed by atoms with Gasteiger partial charge in [-0.05, 0) is 128 Å². The summed E-state index contributed by atoms with van der Waals surface area (Å²) in [5.74, 6) is -1.65. The molecule has 16 nitrogen and oxygen atoms in total. The van der Waals surface area contributed by atoms with Crippen LogP contribution >= 0.6 is 15.6 Å². The summed E-state index contributed by atoms with van der Waals surface area (Å²) in [5.41, 5.74) is 0. The topological polar surface area (TPSA) is 231 Å². The molecule has 0 aliphatic rings. The number of carbonyl (C=O) groups is 3. The molecule has 4 N–H and O–H groups in total. The van der Waals surface area contributed by atoms with Crippen LogP contribution in [0.25, 0.3) is 0 Å². The van der Waals surface area contributed by atoms with Crippen LogP contribution in [0.3, 0.4) is 0 Å². The molecule has 0 aliphatic carbocycles. The van der Waals surface area contributed by atoms with Gasteiger partial charge in [0.15, 0.2) is 6.10 Å². The Labute approximate surface area is 525 Å². The minimum absolute atomic E-state index is 0.0746. The van der Waals surface area contributed by atoms with E-state index in [1.165, 1.54) is 0 Å². The first-order chi connectivity index (χ1) is 42.2. The second-order valence-electron chi connectivity index (χ2n) is 21.1. The summed E-state index contributed by atoms with van der Waals surface area (Å²) in [6.45, 7) is 2.23. The van der Waals surface area contributed by atoms with Gasteiger partial charge >= 0.3 is 33.6 Å². The fraction of sp³-hybridized carbons (Fsp3) is 0.638. The SMILES string of the molecule is CC/C=C\C/C=C\C/C=C\C/C=C\CCCCCCCCC(=O)OCC(O)COP(=O)(O)OCC(O)COP(=O)(O)OCC(COC(=O)CCCCCC/C=C\C/C=C\C/C=C\C/C=C\CC)OC(=O)CCCCCCC/C=C\C/C=C\C/C=C\CC. The van der Waals surface area contributed by atoms with E-state index in [2.05, 4.69) is 154 Å². The predicted molar refractivity (Wildman–Crippen MR) is 353 cm³/mol. The van der Waals surface area contributed by atoms with Crippen molar-refractivity contribution in [3.05, 3.63) is 134 Å². The monoisotopic (exact) mass is 1260 g/mol. The first-order valence-corrected chi connectivity index (χ1v) is 35.5. The van der Waals surface area contributed by atoms with E-state index in [-0.39, 0.29) is 19.3 Å². The van der Waals surface area contributed by atoms with Gasteiger partial charge in [-0.15, -0.1) is 0 Å². The van der Waals surface area contributed by atoms with Crippen molar-refractivity contribution in [1.82, 2.24) is 0 Å².